The molecule has 1 saturated carbocycles. The van der Waals surface area contributed by atoms with E-state index in [2.05, 4.69) is 11.9 Å². The van der Waals surface area contributed by atoms with Crippen LogP contribution in [0.25, 0.3) is 0 Å². The maximum Gasteiger partial charge on any atom is 0.421 e. The summed E-state index contributed by atoms with van der Waals surface area (Å²) in [6.45, 7) is 2.82. The quantitative estimate of drug-likeness (QED) is 0.293. The van der Waals surface area contributed by atoms with Gasteiger partial charge in [0.05, 0.1) is 17.8 Å². The number of aromatic nitrogens is 1. The summed E-state index contributed by atoms with van der Waals surface area (Å²) in [6, 6.07) is 2.49. The lowest BCUT2D eigenvalue weighted by atomic mass is 9.82. The Balaban J connectivity index is 1.43. The van der Waals surface area contributed by atoms with Crippen LogP contribution in [0.5, 0.6) is 11.6 Å². The number of fused-ring (bicyclic) bond motifs is 1. The van der Waals surface area contributed by atoms with E-state index in [1.807, 2.05) is 0 Å². The van der Waals surface area contributed by atoms with Gasteiger partial charge < -0.3 is 9.47 Å². The number of pyridine rings is 1. The summed E-state index contributed by atoms with van der Waals surface area (Å²) >= 11 is 0. The Kier molecular flexibility index (Phi) is 7.68. The second-order valence-electron chi connectivity index (χ2n) is 11.1. The molecule has 1 amide bonds. The first kappa shape index (κ1) is 29.2. The Hall–Kier alpha value is -3.35. The van der Waals surface area contributed by atoms with E-state index < -0.39 is 60.3 Å². The number of esters is 1. The molecule has 13 heteroatoms. The Morgan fingerprint density at radius 3 is 2.49 bits per heavy atom. The van der Waals surface area contributed by atoms with Gasteiger partial charge in [-0.25, -0.2) is 22.9 Å². The van der Waals surface area contributed by atoms with Gasteiger partial charge in [-0.05, 0) is 50.2 Å². The highest BCUT2D eigenvalue weighted by atomic mass is 19.4. The molecule has 0 N–H and O–H groups in total. The number of rotatable bonds is 5. The first-order valence-electron chi connectivity index (χ1n) is 13.4. The van der Waals surface area contributed by atoms with E-state index in [0.29, 0.717) is 18.8 Å². The Morgan fingerprint density at radius 1 is 1.15 bits per heavy atom. The summed E-state index contributed by atoms with van der Waals surface area (Å²) in [7, 11) is 0. The predicted molar refractivity (Wildman–Crippen MR) is 134 cm³/mol. The molecule has 41 heavy (non-hydrogen) atoms. The standard InChI is InChI=1S/C28H29F6N3O4/c1-15-3-5-18(6-4-15)25(38)37-16(2)40-26(39)19-10-23(21(29)11-22(19)37)41-24-20(28(32,33)34)9-17(12-35-24)13-36-8-7-27(30,31)14-36/h9-12,15-16,18H,3-8,13-14H2,1-2H3/t15-,16?,18-. The molecule has 0 radical (unpaired) electrons. The highest BCUT2D eigenvalue weighted by molar-refractivity contribution is 6.06. The van der Waals surface area contributed by atoms with Gasteiger partial charge in [-0.15, -0.1) is 0 Å². The Labute approximate surface area is 232 Å². The van der Waals surface area contributed by atoms with Gasteiger partial charge in [-0.2, -0.15) is 13.2 Å². The van der Waals surface area contributed by atoms with Crippen molar-refractivity contribution in [3.63, 3.8) is 0 Å². The number of carbonyl (C=O) groups excluding carboxylic acids is 2. The summed E-state index contributed by atoms with van der Waals surface area (Å²) in [5, 5.41) is 0. The Morgan fingerprint density at radius 2 is 1.85 bits per heavy atom. The van der Waals surface area contributed by atoms with Crippen LogP contribution in [-0.4, -0.2) is 47.0 Å². The first-order valence-corrected chi connectivity index (χ1v) is 13.4. The smallest absolute Gasteiger partial charge is 0.421 e. The summed E-state index contributed by atoms with van der Waals surface area (Å²) in [4.78, 5) is 32.3. The van der Waals surface area contributed by atoms with Crippen molar-refractivity contribution >= 4 is 17.6 Å². The third-order valence-electron chi connectivity index (χ3n) is 7.85. The van der Waals surface area contributed by atoms with E-state index in [4.69, 9.17) is 9.47 Å². The second-order valence-corrected chi connectivity index (χ2v) is 11.1. The molecule has 2 fully saturated rings. The van der Waals surface area contributed by atoms with Gasteiger partial charge in [0.15, 0.2) is 17.8 Å². The minimum absolute atomic E-state index is 0.0149. The van der Waals surface area contributed by atoms with Crippen LogP contribution in [-0.2, 0) is 22.3 Å². The van der Waals surface area contributed by atoms with E-state index in [9.17, 15) is 31.5 Å². The van der Waals surface area contributed by atoms with Gasteiger partial charge in [-0.1, -0.05) is 6.92 Å². The van der Waals surface area contributed by atoms with Crippen molar-refractivity contribution in [3.8, 4) is 11.6 Å². The molecule has 3 heterocycles. The van der Waals surface area contributed by atoms with Crippen LogP contribution in [0.2, 0.25) is 0 Å². The SMILES string of the molecule is CC1OC(=O)c2cc(Oc3ncc(CN4CCC(F)(F)C4)cc3C(F)(F)F)c(F)cc2N1C(=O)[C@H]1CC[C@H](C)CC1. The van der Waals surface area contributed by atoms with Crippen molar-refractivity contribution in [1.29, 1.82) is 0 Å². The van der Waals surface area contributed by atoms with Crippen molar-refractivity contribution in [2.75, 3.05) is 18.0 Å². The maximum atomic E-state index is 15.3. The zero-order valence-corrected chi connectivity index (χ0v) is 22.4. The molecule has 2 aromatic rings. The number of amides is 1. The van der Waals surface area contributed by atoms with E-state index >= 15 is 4.39 Å². The fourth-order valence-electron chi connectivity index (χ4n) is 5.62. The lowest BCUT2D eigenvalue weighted by Crippen LogP contribution is -2.48. The van der Waals surface area contributed by atoms with E-state index in [1.54, 1.807) is 0 Å². The number of benzene rings is 1. The summed E-state index contributed by atoms with van der Waals surface area (Å²) in [5.74, 6) is -6.79. The van der Waals surface area contributed by atoms with Crippen LogP contribution in [0.3, 0.4) is 0 Å². The fraction of sp³-hybridized carbons (Fsp3) is 0.536. The molecule has 1 aromatic carbocycles. The van der Waals surface area contributed by atoms with Crippen LogP contribution in [0.1, 0.15) is 67.4 Å². The van der Waals surface area contributed by atoms with E-state index in [-0.39, 0.29) is 41.7 Å². The van der Waals surface area contributed by atoms with Crippen molar-refractivity contribution in [2.24, 2.45) is 11.8 Å². The van der Waals surface area contributed by atoms with Crippen molar-refractivity contribution < 1.29 is 45.4 Å². The third-order valence-corrected chi connectivity index (χ3v) is 7.85. The largest absolute Gasteiger partial charge is 0.438 e. The van der Waals surface area contributed by atoms with E-state index in [0.717, 1.165) is 37.2 Å². The topological polar surface area (TPSA) is 72.0 Å². The highest BCUT2D eigenvalue weighted by Crippen LogP contribution is 2.42. The summed E-state index contributed by atoms with van der Waals surface area (Å²) in [5.41, 5.74) is -1.60. The molecule has 0 spiro atoms. The fourth-order valence-corrected chi connectivity index (χ4v) is 5.62. The lowest BCUT2D eigenvalue weighted by molar-refractivity contribution is -0.139. The van der Waals surface area contributed by atoms with Gasteiger partial charge in [0.1, 0.15) is 5.56 Å². The number of hydrogen-bond acceptors (Lipinski definition) is 6. The van der Waals surface area contributed by atoms with Gasteiger partial charge >= 0.3 is 12.1 Å². The molecular weight excluding hydrogens is 556 g/mol. The van der Waals surface area contributed by atoms with Gasteiger partial charge in [0.2, 0.25) is 11.8 Å². The lowest BCUT2D eigenvalue weighted by Gasteiger charge is -2.37. The number of halogens is 6. The number of likely N-dealkylation sites (tertiary alicyclic amines) is 1. The zero-order chi connectivity index (χ0) is 29.7. The number of cyclic esters (lactones) is 1. The maximum absolute atomic E-state index is 15.3. The molecule has 1 saturated heterocycles. The number of ether oxygens (including phenoxy) is 2. The summed E-state index contributed by atoms with van der Waals surface area (Å²) in [6.07, 6.45) is -2.35. The average Bonchev–Trinajstić information content (AvgIpc) is 3.23. The van der Waals surface area contributed by atoms with Crippen molar-refractivity contribution in [3.05, 3.63) is 46.9 Å². The normalized spacial score (nSPS) is 24.6. The van der Waals surface area contributed by atoms with Crippen LogP contribution in [0.4, 0.5) is 32.0 Å². The predicted octanol–water partition coefficient (Wildman–Crippen LogP) is 6.55. The average molecular weight is 586 g/mol. The molecule has 1 atom stereocenters. The van der Waals surface area contributed by atoms with Crippen LogP contribution in [0, 0.1) is 17.7 Å². The zero-order valence-electron chi connectivity index (χ0n) is 22.4. The molecule has 222 valence electrons. The molecule has 5 rings (SSSR count). The Bertz CT molecular complexity index is 1340. The first-order chi connectivity index (χ1) is 19.2. The second kappa shape index (κ2) is 10.8. The number of carbonyl (C=O) groups is 2. The molecule has 1 aromatic heterocycles. The minimum Gasteiger partial charge on any atom is -0.438 e. The molecule has 3 aliphatic rings. The van der Waals surface area contributed by atoms with Gasteiger partial charge in [-0.3, -0.25) is 14.6 Å². The van der Waals surface area contributed by atoms with Gasteiger partial charge in [0.25, 0.3) is 5.92 Å². The van der Waals surface area contributed by atoms with E-state index in [1.165, 1.54) is 16.7 Å². The molecule has 0 bridgehead atoms. The molecule has 2 aliphatic heterocycles. The number of alkyl halides is 5. The molecule has 1 aliphatic carbocycles. The number of hydrogen-bond donors (Lipinski definition) is 0. The molecular formula is C28H29F6N3O4. The number of anilines is 1. The van der Waals surface area contributed by atoms with Crippen molar-refractivity contribution in [1.82, 2.24) is 9.88 Å². The number of nitrogens with zero attached hydrogens (tertiary/aromatic N) is 3. The molecule has 1 unspecified atom stereocenters. The molecule has 7 nitrogen and oxygen atoms in total. The third kappa shape index (κ3) is 6.14. The van der Waals surface area contributed by atoms with Gasteiger partial charge in [0, 0.05) is 43.8 Å². The van der Waals surface area contributed by atoms with Crippen LogP contribution >= 0.6 is 0 Å². The van der Waals surface area contributed by atoms with Crippen LogP contribution < -0.4 is 9.64 Å². The summed E-state index contributed by atoms with van der Waals surface area (Å²) < 4.78 is 94.6. The monoisotopic (exact) mass is 585 g/mol. The minimum atomic E-state index is -4.97. The van der Waals surface area contributed by atoms with Crippen LogP contribution in [0.15, 0.2) is 24.4 Å². The highest BCUT2D eigenvalue weighted by Gasteiger charge is 2.41. The van der Waals surface area contributed by atoms with Crippen molar-refractivity contribution in [2.45, 2.75) is 70.8 Å².